The largest absolute Gasteiger partial charge is 0.368 e. The number of carbonyl (C=O) groups is 1. The number of amides is 2. The van der Waals surface area contributed by atoms with Crippen molar-refractivity contribution in [3.63, 3.8) is 0 Å². The topological polar surface area (TPSA) is 61.6 Å². The van der Waals surface area contributed by atoms with Crippen molar-refractivity contribution in [2.24, 2.45) is 0 Å². The normalized spacial score (nSPS) is 14.2. The molecule has 1 aromatic heterocycles. The standard InChI is InChI=1S/C22H24N4O2/c1-16-17(2)24-28-21(16)23-22(27)26-13-11-25(12-14-26)20-10-6-9-19(15-20)18-7-4-3-5-8-18/h3-10,15H,11-14H2,1-2H3,(H,23,27). The van der Waals surface area contributed by atoms with Gasteiger partial charge in [-0.15, -0.1) is 0 Å². The molecule has 1 aliphatic rings. The number of aromatic nitrogens is 1. The van der Waals surface area contributed by atoms with Crippen molar-refractivity contribution in [1.82, 2.24) is 10.1 Å². The number of urea groups is 1. The minimum atomic E-state index is -0.142. The summed E-state index contributed by atoms with van der Waals surface area (Å²) in [5.74, 6) is 0.431. The molecule has 1 saturated heterocycles. The number of aryl methyl sites for hydroxylation is 1. The molecule has 2 amide bonds. The summed E-state index contributed by atoms with van der Waals surface area (Å²) < 4.78 is 5.18. The number of rotatable bonds is 3. The molecule has 1 N–H and O–H groups in total. The summed E-state index contributed by atoms with van der Waals surface area (Å²) in [6.07, 6.45) is 0. The first-order valence-electron chi connectivity index (χ1n) is 9.51. The Morgan fingerprint density at radius 1 is 0.964 bits per heavy atom. The van der Waals surface area contributed by atoms with Crippen LogP contribution in [0.3, 0.4) is 0 Å². The summed E-state index contributed by atoms with van der Waals surface area (Å²) in [7, 11) is 0. The lowest BCUT2D eigenvalue weighted by molar-refractivity contribution is 0.207. The maximum Gasteiger partial charge on any atom is 0.324 e. The average Bonchev–Trinajstić information content (AvgIpc) is 3.06. The summed E-state index contributed by atoms with van der Waals surface area (Å²) >= 11 is 0. The van der Waals surface area contributed by atoms with Crippen LogP contribution >= 0.6 is 0 Å². The summed E-state index contributed by atoms with van der Waals surface area (Å²) in [5, 5.41) is 6.71. The monoisotopic (exact) mass is 376 g/mol. The first kappa shape index (κ1) is 18.1. The highest BCUT2D eigenvalue weighted by molar-refractivity contribution is 5.88. The Kier molecular flexibility index (Phi) is 5.02. The number of piperazine rings is 1. The van der Waals surface area contributed by atoms with Crippen molar-refractivity contribution in [2.75, 3.05) is 36.4 Å². The number of anilines is 2. The van der Waals surface area contributed by atoms with E-state index < -0.39 is 0 Å². The second-order valence-corrected chi connectivity index (χ2v) is 7.04. The van der Waals surface area contributed by atoms with Gasteiger partial charge in [-0.1, -0.05) is 47.6 Å². The maximum absolute atomic E-state index is 12.5. The molecule has 144 valence electrons. The Bertz CT molecular complexity index is 960. The van der Waals surface area contributed by atoms with Gasteiger partial charge in [0.1, 0.15) is 0 Å². The van der Waals surface area contributed by atoms with Crippen LogP contribution in [0.25, 0.3) is 11.1 Å². The van der Waals surface area contributed by atoms with Crippen LogP contribution in [0.4, 0.5) is 16.4 Å². The van der Waals surface area contributed by atoms with E-state index in [1.165, 1.54) is 16.8 Å². The van der Waals surface area contributed by atoms with Gasteiger partial charge in [-0.2, -0.15) is 0 Å². The molecule has 6 nitrogen and oxygen atoms in total. The number of nitrogens with zero attached hydrogens (tertiary/aromatic N) is 3. The molecule has 0 spiro atoms. The number of nitrogens with one attached hydrogen (secondary N) is 1. The zero-order valence-corrected chi connectivity index (χ0v) is 16.2. The predicted octanol–water partition coefficient (Wildman–Crippen LogP) is 4.31. The van der Waals surface area contributed by atoms with Crippen LogP contribution in [0.15, 0.2) is 59.1 Å². The molecule has 0 radical (unpaired) electrons. The second kappa shape index (κ2) is 7.76. The van der Waals surface area contributed by atoms with Crippen molar-refractivity contribution in [3.05, 3.63) is 65.9 Å². The lowest BCUT2D eigenvalue weighted by Crippen LogP contribution is -2.50. The molecule has 2 aromatic carbocycles. The minimum Gasteiger partial charge on any atom is -0.368 e. The zero-order chi connectivity index (χ0) is 19.5. The van der Waals surface area contributed by atoms with Gasteiger partial charge in [0.15, 0.2) is 0 Å². The van der Waals surface area contributed by atoms with Gasteiger partial charge in [-0.3, -0.25) is 5.32 Å². The summed E-state index contributed by atoms with van der Waals surface area (Å²) in [5.41, 5.74) is 5.25. The zero-order valence-electron chi connectivity index (χ0n) is 16.2. The van der Waals surface area contributed by atoms with Gasteiger partial charge >= 0.3 is 6.03 Å². The molecule has 2 heterocycles. The molecule has 0 aliphatic carbocycles. The van der Waals surface area contributed by atoms with Crippen LogP contribution < -0.4 is 10.2 Å². The lowest BCUT2D eigenvalue weighted by Gasteiger charge is -2.36. The molecule has 0 bridgehead atoms. The van der Waals surface area contributed by atoms with Gasteiger partial charge in [0.25, 0.3) is 0 Å². The summed E-state index contributed by atoms with van der Waals surface area (Å²) in [6, 6.07) is 18.8. The number of hydrogen-bond acceptors (Lipinski definition) is 4. The molecule has 4 rings (SSSR count). The van der Waals surface area contributed by atoms with Crippen LogP contribution in [-0.2, 0) is 0 Å². The Morgan fingerprint density at radius 2 is 1.68 bits per heavy atom. The highest BCUT2D eigenvalue weighted by Crippen LogP contribution is 2.25. The molecule has 6 heteroatoms. The Labute approximate surface area is 164 Å². The van der Waals surface area contributed by atoms with Crippen molar-refractivity contribution in [2.45, 2.75) is 13.8 Å². The average molecular weight is 376 g/mol. The van der Waals surface area contributed by atoms with Gasteiger partial charge in [-0.25, -0.2) is 4.79 Å². The van der Waals surface area contributed by atoms with Crippen molar-refractivity contribution < 1.29 is 9.32 Å². The summed E-state index contributed by atoms with van der Waals surface area (Å²) in [6.45, 7) is 6.65. The van der Waals surface area contributed by atoms with E-state index in [-0.39, 0.29) is 6.03 Å². The van der Waals surface area contributed by atoms with Crippen molar-refractivity contribution >= 4 is 17.6 Å². The second-order valence-electron chi connectivity index (χ2n) is 7.04. The quantitative estimate of drug-likeness (QED) is 0.740. The molecular formula is C22H24N4O2. The maximum atomic E-state index is 12.5. The first-order valence-corrected chi connectivity index (χ1v) is 9.51. The van der Waals surface area contributed by atoms with Crippen LogP contribution in [0.5, 0.6) is 0 Å². The van der Waals surface area contributed by atoms with E-state index in [9.17, 15) is 4.79 Å². The summed E-state index contributed by atoms with van der Waals surface area (Å²) in [4.78, 5) is 16.7. The van der Waals surface area contributed by atoms with Gasteiger partial charge < -0.3 is 14.3 Å². The van der Waals surface area contributed by atoms with E-state index in [4.69, 9.17) is 4.52 Å². The fourth-order valence-electron chi connectivity index (χ4n) is 3.39. The minimum absolute atomic E-state index is 0.142. The van der Waals surface area contributed by atoms with E-state index in [1.54, 1.807) is 0 Å². The third-order valence-electron chi connectivity index (χ3n) is 5.26. The molecule has 3 aromatic rings. The van der Waals surface area contributed by atoms with E-state index >= 15 is 0 Å². The van der Waals surface area contributed by atoms with E-state index in [1.807, 2.05) is 24.8 Å². The number of carbonyl (C=O) groups excluding carboxylic acids is 1. The van der Waals surface area contributed by atoms with Crippen molar-refractivity contribution in [1.29, 1.82) is 0 Å². The molecular weight excluding hydrogens is 352 g/mol. The smallest absolute Gasteiger partial charge is 0.324 e. The van der Waals surface area contributed by atoms with Gasteiger partial charge in [-0.05, 0) is 37.1 Å². The molecule has 28 heavy (non-hydrogen) atoms. The van der Waals surface area contributed by atoms with Gasteiger partial charge in [0.05, 0.1) is 5.69 Å². The van der Waals surface area contributed by atoms with Gasteiger partial charge in [0.2, 0.25) is 5.88 Å². The lowest BCUT2D eigenvalue weighted by atomic mass is 10.0. The number of benzene rings is 2. The van der Waals surface area contributed by atoms with Gasteiger partial charge in [0, 0.05) is 37.4 Å². The Balaban J connectivity index is 1.39. The van der Waals surface area contributed by atoms with E-state index in [2.05, 4.69) is 63.9 Å². The highest BCUT2D eigenvalue weighted by atomic mass is 16.5. The van der Waals surface area contributed by atoms with Crippen LogP contribution in [0.2, 0.25) is 0 Å². The van der Waals surface area contributed by atoms with Crippen molar-refractivity contribution in [3.8, 4) is 11.1 Å². The fraction of sp³-hybridized carbons (Fsp3) is 0.273. The molecule has 1 aliphatic heterocycles. The van der Waals surface area contributed by atoms with E-state index in [0.717, 1.165) is 24.3 Å². The first-order chi connectivity index (χ1) is 13.6. The van der Waals surface area contributed by atoms with Crippen LogP contribution in [0, 0.1) is 13.8 Å². The highest BCUT2D eigenvalue weighted by Gasteiger charge is 2.23. The third-order valence-corrected chi connectivity index (χ3v) is 5.26. The molecule has 0 atom stereocenters. The fourth-order valence-corrected chi connectivity index (χ4v) is 3.39. The van der Waals surface area contributed by atoms with Crippen LogP contribution in [0.1, 0.15) is 11.3 Å². The van der Waals surface area contributed by atoms with Crippen LogP contribution in [-0.4, -0.2) is 42.3 Å². The number of hydrogen-bond donors (Lipinski definition) is 1. The molecule has 1 fully saturated rings. The third kappa shape index (κ3) is 3.71. The molecule has 0 unspecified atom stereocenters. The molecule has 0 saturated carbocycles. The predicted molar refractivity (Wildman–Crippen MR) is 111 cm³/mol. The van der Waals surface area contributed by atoms with E-state index in [0.29, 0.717) is 19.0 Å². The Hall–Kier alpha value is -3.28. The Morgan fingerprint density at radius 3 is 2.36 bits per heavy atom. The SMILES string of the molecule is Cc1noc(NC(=O)N2CCN(c3cccc(-c4ccccc4)c3)CC2)c1C.